The number of benzene rings is 1. The highest BCUT2D eigenvalue weighted by molar-refractivity contribution is 9.10. The Kier molecular flexibility index (Phi) is 3.98. The minimum atomic E-state index is -0.0259. The lowest BCUT2D eigenvalue weighted by Gasteiger charge is -2.29. The van der Waals surface area contributed by atoms with E-state index in [1.54, 1.807) is 13.2 Å². The van der Waals surface area contributed by atoms with E-state index in [4.69, 9.17) is 4.74 Å². The van der Waals surface area contributed by atoms with Gasteiger partial charge in [-0.05, 0) is 59.8 Å². The molecule has 0 aromatic heterocycles. The molecule has 1 aromatic carbocycles. The van der Waals surface area contributed by atoms with Crippen LogP contribution in [-0.2, 0) is 0 Å². The van der Waals surface area contributed by atoms with Gasteiger partial charge in [-0.1, -0.05) is 0 Å². The minimum absolute atomic E-state index is 0.0259. The van der Waals surface area contributed by atoms with Crippen LogP contribution in [0.1, 0.15) is 36.0 Å². The van der Waals surface area contributed by atoms with Crippen LogP contribution in [-0.4, -0.2) is 31.1 Å². The van der Waals surface area contributed by atoms with Gasteiger partial charge >= 0.3 is 0 Å². The SMILES string of the molecule is COc1ccc(Br)c(C(=O)NC2CC3CCC(C2)N3)c1. The van der Waals surface area contributed by atoms with Crippen LogP contribution in [0.15, 0.2) is 22.7 Å². The molecule has 0 radical (unpaired) electrons. The van der Waals surface area contributed by atoms with Crippen molar-refractivity contribution < 1.29 is 9.53 Å². The summed E-state index contributed by atoms with van der Waals surface area (Å²) in [6.45, 7) is 0. The number of carbonyl (C=O) groups excluding carboxylic acids is 1. The molecule has 3 rings (SSSR count). The number of carbonyl (C=O) groups is 1. The van der Waals surface area contributed by atoms with E-state index in [1.165, 1.54) is 12.8 Å². The van der Waals surface area contributed by atoms with Crippen molar-refractivity contribution in [2.24, 2.45) is 0 Å². The van der Waals surface area contributed by atoms with E-state index in [2.05, 4.69) is 26.6 Å². The monoisotopic (exact) mass is 338 g/mol. The summed E-state index contributed by atoms with van der Waals surface area (Å²) in [7, 11) is 1.61. The van der Waals surface area contributed by atoms with Gasteiger partial charge < -0.3 is 15.4 Å². The summed E-state index contributed by atoms with van der Waals surface area (Å²) in [6, 6.07) is 6.89. The fourth-order valence-electron chi connectivity index (χ4n) is 3.24. The molecule has 108 valence electrons. The lowest BCUT2D eigenvalue weighted by atomic mass is 9.99. The summed E-state index contributed by atoms with van der Waals surface area (Å²) < 4.78 is 5.98. The van der Waals surface area contributed by atoms with Gasteiger partial charge in [-0.15, -0.1) is 0 Å². The molecule has 0 aliphatic carbocycles. The number of hydrogen-bond acceptors (Lipinski definition) is 3. The third-order valence-corrected chi connectivity index (χ3v) is 4.92. The number of amides is 1. The molecule has 5 heteroatoms. The van der Waals surface area contributed by atoms with Gasteiger partial charge in [-0.3, -0.25) is 4.79 Å². The van der Waals surface area contributed by atoms with Gasteiger partial charge in [0.25, 0.3) is 5.91 Å². The first-order valence-corrected chi connectivity index (χ1v) is 7.85. The van der Waals surface area contributed by atoms with Crippen molar-refractivity contribution in [1.29, 1.82) is 0 Å². The lowest BCUT2D eigenvalue weighted by Crippen LogP contribution is -2.48. The first-order chi connectivity index (χ1) is 9.65. The Morgan fingerprint density at radius 3 is 2.70 bits per heavy atom. The van der Waals surface area contributed by atoms with E-state index in [1.807, 2.05) is 12.1 Å². The molecule has 2 bridgehead atoms. The van der Waals surface area contributed by atoms with Crippen LogP contribution in [0.3, 0.4) is 0 Å². The highest BCUT2D eigenvalue weighted by atomic mass is 79.9. The van der Waals surface area contributed by atoms with E-state index >= 15 is 0 Å². The van der Waals surface area contributed by atoms with Gasteiger partial charge in [0.1, 0.15) is 5.75 Å². The largest absolute Gasteiger partial charge is 0.497 e. The third kappa shape index (κ3) is 2.83. The smallest absolute Gasteiger partial charge is 0.252 e. The zero-order valence-corrected chi connectivity index (χ0v) is 13.1. The van der Waals surface area contributed by atoms with Gasteiger partial charge in [-0.25, -0.2) is 0 Å². The predicted octanol–water partition coefficient (Wildman–Crippen LogP) is 2.47. The molecular weight excluding hydrogens is 320 g/mol. The molecule has 1 aromatic rings. The number of nitrogens with one attached hydrogen (secondary N) is 2. The maximum Gasteiger partial charge on any atom is 0.252 e. The Balaban J connectivity index is 1.70. The van der Waals surface area contributed by atoms with E-state index in [9.17, 15) is 4.79 Å². The summed E-state index contributed by atoms with van der Waals surface area (Å²) in [5.41, 5.74) is 0.634. The molecule has 2 heterocycles. The van der Waals surface area contributed by atoms with Crippen LogP contribution in [0.4, 0.5) is 0 Å². The Morgan fingerprint density at radius 2 is 2.05 bits per heavy atom. The van der Waals surface area contributed by atoms with E-state index in [-0.39, 0.29) is 11.9 Å². The number of methoxy groups -OCH3 is 1. The van der Waals surface area contributed by atoms with Crippen molar-refractivity contribution in [3.63, 3.8) is 0 Å². The van der Waals surface area contributed by atoms with Crippen molar-refractivity contribution in [1.82, 2.24) is 10.6 Å². The molecule has 2 unspecified atom stereocenters. The summed E-state index contributed by atoms with van der Waals surface area (Å²) in [5.74, 6) is 0.672. The van der Waals surface area contributed by atoms with Crippen LogP contribution >= 0.6 is 15.9 Å². The number of halogens is 1. The molecule has 2 N–H and O–H groups in total. The molecule has 1 amide bonds. The van der Waals surface area contributed by atoms with Crippen LogP contribution in [0, 0.1) is 0 Å². The number of hydrogen-bond donors (Lipinski definition) is 2. The fourth-order valence-corrected chi connectivity index (χ4v) is 3.67. The Labute approximate surface area is 127 Å². The molecule has 20 heavy (non-hydrogen) atoms. The highest BCUT2D eigenvalue weighted by Crippen LogP contribution is 2.28. The molecule has 4 nitrogen and oxygen atoms in total. The third-order valence-electron chi connectivity index (χ3n) is 4.23. The van der Waals surface area contributed by atoms with Crippen molar-refractivity contribution in [2.45, 2.75) is 43.8 Å². The van der Waals surface area contributed by atoms with Crippen LogP contribution < -0.4 is 15.4 Å². The van der Waals surface area contributed by atoms with E-state index in [0.29, 0.717) is 23.4 Å². The summed E-state index contributed by atoms with van der Waals surface area (Å²) in [4.78, 5) is 12.4. The zero-order valence-electron chi connectivity index (χ0n) is 11.5. The highest BCUT2D eigenvalue weighted by Gasteiger charge is 2.34. The second-order valence-electron chi connectivity index (χ2n) is 5.63. The molecule has 2 aliphatic rings. The van der Waals surface area contributed by atoms with Crippen molar-refractivity contribution in [3.05, 3.63) is 28.2 Å². The van der Waals surface area contributed by atoms with Crippen molar-refractivity contribution >= 4 is 21.8 Å². The zero-order chi connectivity index (χ0) is 14.1. The van der Waals surface area contributed by atoms with Gasteiger partial charge in [0, 0.05) is 22.6 Å². The maximum atomic E-state index is 12.4. The fraction of sp³-hybridized carbons (Fsp3) is 0.533. The van der Waals surface area contributed by atoms with Crippen LogP contribution in [0.5, 0.6) is 5.75 Å². The van der Waals surface area contributed by atoms with Gasteiger partial charge in [0.15, 0.2) is 0 Å². The first kappa shape index (κ1) is 13.9. The maximum absolute atomic E-state index is 12.4. The van der Waals surface area contributed by atoms with Gasteiger partial charge in [-0.2, -0.15) is 0 Å². The van der Waals surface area contributed by atoms with Crippen molar-refractivity contribution in [3.8, 4) is 5.75 Å². The molecule has 2 aliphatic heterocycles. The average Bonchev–Trinajstić information content (AvgIpc) is 2.78. The number of fused-ring (bicyclic) bond motifs is 2. The average molecular weight is 339 g/mol. The quantitative estimate of drug-likeness (QED) is 0.890. The molecule has 2 fully saturated rings. The number of ether oxygens (including phenoxy) is 1. The minimum Gasteiger partial charge on any atom is -0.497 e. The Bertz CT molecular complexity index is 509. The van der Waals surface area contributed by atoms with Gasteiger partial charge in [0.2, 0.25) is 0 Å². The molecule has 2 saturated heterocycles. The first-order valence-electron chi connectivity index (χ1n) is 7.06. The van der Waals surface area contributed by atoms with Crippen molar-refractivity contribution in [2.75, 3.05) is 7.11 Å². The number of rotatable bonds is 3. The second kappa shape index (κ2) is 5.74. The van der Waals surface area contributed by atoms with Crippen LogP contribution in [0.25, 0.3) is 0 Å². The molecule has 2 atom stereocenters. The number of piperidine rings is 1. The summed E-state index contributed by atoms with van der Waals surface area (Å²) in [6.07, 6.45) is 4.54. The second-order valence-corrected chi connectivity index (χ2v) is 6.48. The molecule has 0 spiro atoms. The summed E-state index contributed by atoms with van der Waals surface area (Å²) in [5, 5.41) is 6.75. The van der Waals surface area contributed by atoms with Crippen LogP contribution in [0.2, 0.25) is 0 Å². The summed E-state index contributed by atoms with van der Waals surface area (Å²) >= 11 is 3.43. The standard InChI is InChI=1S/C15H19BrN2O2/c1-20-12-4-5-14(16)13(8-12)15(19)18-11-6-9-2-3-10(7-11)17-9/h4-5,8-11,17H,2-3,6-7H2,1H3,(H,18,19). The predicted molar refractivity (Wildman–Crippen MR) is 81.1 cm³/mol. The van der Waals surface area contributed by atoms with E-state index in [0.717, 1.165) is 17.3 Å². The molecule has 0 saturated carbocycles. The van der Waals surface area contributed by atoms with Gasteiger partial charge in [0.05, 0.1) is 12.7 Å². The Morgan fingerprint density at radius 1 is 1.35 bits per heavy atom. The lowest BCUT2D eigenvalue weighted by molar-refractivity contribution is 0.0923. The topological polar surface area (TPSA) is 50.4 Å². The molecular formula is C15H19BrN2O2. The van der Waals surface area contributed by atoms with E-state index < -0.39 is 0 Å². The Hall–Kier alpha value is -1.07. The normalized spacial score (nSPS) is 28.2.